The lowest BCUT2D eigenvalue weighted by Gasteiger charge is -2.15. The number of nitrogens with one attached hydrogen (secondary N) is 14. The van der Waals surface area contributed by atoms with Gasteiger partial charge in [-0.3, -0.25) is 34.0 Å². The molecule has 0 aliphatic rings. The topological polar surface area (TPSA) is 578 Å². The molecule has 0 aliphatic heterocycles. The molecule has 0 saturated carbocycles. The second-order valence-electron chi connectivity index (χ2n) is 32.3. The fraction of sp³-hybridized carbons (Fsp3) is 0.255. The van der Waals surface area contributed by atoms with Crippen LogP contribution in [0.5, 0.6) is 0 Å². The van der Waals surface area contributed by atoms with E-state index in [2.05, 4.69) is 210 Å². The molecule has 0 aliphatic carbocycles. The number of alkyl halides is 1. The molecule has 145 heavy (non-hydrogen) atoms. The van der Waals surface area contributed by atoms with Crippen LogP contribution < -0.4 is 76.4 Å². The van der Waals surface area contributed by atoms with E-state index in [1.54, 1.807) is 86.8 Å². The highest BCUT2D eigenvalue weighted by Gasteiger charge is 2.21. The Morgan fingerprint density at radius 1 is 0.352 bits per heavy atom. The highest BCUT2D eigenvalue weighted by atomic mass is 79.9. The fourth-order valence-corrected chi connectivity index (χ4v) is 14.9. The number of esters is 3. The van der Waals surface area contributed by atoms with E-state index in [1.165, 1.54) is 35.7 Å². The van der Waals surface area contributed by atoms with Gasteiger partial charge in [-0.05, 0) is 159 Å². The summed E-state index contributed by atoms with van der Waals surface area (Å²) in [7, 11) is 1.37. The maximum atomic E-state index is 12.5. The average molecular weight is 2040 g/mol. The summed E-state index contributed by atoms with van der Waals surface area (Å²) in [4.78, 5) is 130. The van der Waals surface area contributed by atoms with Gasteiger partial charge in [-0.2, -0.15) is 0 Å². The maximum Gasteiger partial charge on any atom is 0.337 e. The molecule has 24 N–H and O–H groups in total. The molecule has 16 rings (SSSR count). The van der Waals surface area contributed by atoms with Crippen molar-refractivity contribution in [2.24, 2.45) is 23.1 Å². The number of anilines is 4. The summed E-state index contributed by atoms with van der Waals surface area (Å²) >= 11 is 3.12. The zero-order chi connectivity index (χ0) is 104. The Kier molecular flexibility index (Phi) is 45.6. The number of carbonyl (C=O) groups excluding carboxylic acids is 7. The second kappa shape index (κ2) is 59.6. The number of halogens is 1. The molecule has 4 atom stereocenters. The van der Waals surface area contributed by atoms with E-state index in [4.69, 9.17) is 37.1 Å². The molecule has 8 aromatic carbocycles. The lowest BCUT2D eigenvalue weighted by molar-refractivity contribution is -0.143. The minimum absolute atomic E-state index is 0.0793. The first-order valence-electron chi connectivity index (χ1n) is 47.2. The number of hydroxylamine groups is 1. The number of methoxy groups -OCH3 is 1. The van der Waals surface area contributed by atoms with Gasteiger partial charge < -0.3 is 104 Å². The lowest BCUT2D eigenvalue weighted by atomic mass is 10.1. The standard InChI is InChI=1S/C28H32N6O3.C26H29N7O3.C23H24N6O.C22H20N4O2.C5H9BrO2.C2H8N2.H3NO/c1-3-37-25(35)13-14-29-15-16-30-28(36)22-11-9-21(10-12-22)24-17-23-26(31-18-32-27(23)34-24)33-19(2)20-7-5-4-6-8-20;1-17(18-5-3-2-4-6-18)31-24-21-15-22(32-25(21)30-16-29-24)19-7-9-20(10-8-19)26(35)28-14-13-27-12-11-23(34)33-36;1-15(16-5-3-2-4-6-16)28-21-19-13-20(29-22(19)27-14-26-21)17-7-9-18(10-8-17)23(30)25-12-11-24;1-14(15-6-4-3-5-7-15)25-20-18-12-19(26-21(18)24-13-23-20)16-8-10-17(11-9-16)22(27)28-2;1-2-8-5(7)3-4-6;3-1-2-4;1-2/h4-12,17-19,29H,3,13-16H2,1-2H3,(H,30,36)(H2,31,32,33,34);2-10,15-17,27,36H,11-14H2,1H3,(H,28,35)(H,33,34)(H2,29,30,31,32);2-10,13-15H,11-12,24H2,1H3,(H,25,30)(H2,26,27,28,29);3-14H,1-2H3,(H2,23,24,25,26);2-4H2,1H3;1-4H2;2H,1H2/t19-;17-;15-;14-;;;/m1111.../s1. The van der Waals surface area contributed by atoms with Crippen LogP contribution in [0.2, 0.25) is 0 Å². The van der Waals surface area contributed by atoms with Gasteiger partial charge in [0, 0.05) is 141 Å². The second-order valence-corrected chi connectivity index (χ2v) is 33.1. The van der Waals surface area contributed by atoms with Crippen molar-refractivity contribution in [3.8, 4) is 45.0 Å². The van der Waals surface area contributed by atoms with Gasteiger partial charge in [-0.25, -0.2) is 56.0 Å². The Morgan fingerprint density at radius 2 is 0.628 bits per heavy atom. The van der Waals surface area contributed by atoms with Gasteiger partial charge in [-0.1, -0.05) is 186 Å². The summed E-state index contributed by atoms with van der Waals surface area (Å²) in [5, 5.41) is 47.8. The quantitative estimate of drug-likeness (QED) is 0.00425. The van der Waals surface area contributed by atoms with Crippen LogP contribution >= 0.6 is 15.9 Å². The zero-order valence-corrected chi connectivity index (χ0v) is 83.4. The van der Waals surface area contributed by atoms with Gasteiger partial charge in [0.25, 0.3) is 17.7 Å². The number of aromatic nitrogens is 12. The molecule has 0 bridgehead atoms. The van der Waals surface area contributed by atoms with Crippen LogP contribution in [-0.2, 0) is 28.6 Å². The number of ether oxygens (including phenoxy) is 3. The monoisotopic (exact) mass is 2030 g/mol. The molecule has 0 radical (unpaired) electrons. The number of nitrogens with zero attached hydrogens (tertiary/aromatic N) is 8. The number of amides is 4. The van der Waals surface area contributed by atoms with Crippen LogP contribution in [0.4, 0.5) is 23.3 Å². The molecule has 4 amide bonds. The summed E-state index contributed by atoms with van der Waals surface area (Å²) in [5.74, 6) is 4.93. The zero-order valence-electron chi connectivity index (χ0n) is 81.8. The molecular formula is C106H125BrN26O12. The molecule has 8 aromatic heterocycles. The first-order valence-corrected chi connectivity index (χ1v) is 48.3. The van der Waals surface area contributed by atoms with Crippen LogP contribution in [0.3, 0.4) is 0 Å². The number of H-pyrrole nitrogens is 4. The largest absolute Gasteiger partial charge is 0.466 e. The summed E-state index contributed by atoms with van der Waals surface area (Å²) in [5.41, 5.74) is 34.1. The van der Waals surface area contributed by atoms with Crippen LogP contribution in [0, 0.1) is 0 Å². The van der Waals surface area contributed by atoms with Crippen molar-refractivity contribution in [3.63, 3.8) is 0 Å². The third-order valence-corrected chi connectivity index (χ3v) is 22.5. The van der Waals surface area contributed by atoms with Gasteiger partial charge in [0.2, 0.25) is 5.91 Å². The van der Waals surface area contributed by atoms with Gasteiger partial charge in [-0.15, -0.1) is 0 Å². The van der Waals surface area contributed by atoms with Gasteiger partial charge in [0.1, 0.15) is 71.2 Å². The molecule has 0 spiro atoms. The number of hydrogen-bond donors (Lipinski definition) is 20. The van der Waals surface area contributed by atoms with E-state index in [-0.39, 0.29) is 66.2 Å². The van der Waals surface area contributed by atoms with Crippen molar-refractivity contribution in [2.75, 3.05) is 112 Å². The summed E-state index contributed by atoms with van der Waals surface area (Å²) in [6, 6.07) is 78.7. The van der Waals surface area contributed by atoms with Crippen molar-refractivity contribution in [1.29, 1.82) is 0 Å². The molecule has 0 unspecified atom stereocenters. The molecule has 0 fully saturated rings. The first-order chi connectivity index (χ1) is 70.6. The van der Waals surface area contributed by atoms with Crippen molar-refractivity contribution in [1.82, 2.24) is 91.9 Å². The summed E-state index contributed by atoms with van der Waals surface area (Å²) in [6.07, 6.45) is 7.11. The number of carbonyl (C=O) groups is 7. The normalized spacial score (nSPS) is 11.4. The Morgan fingerprint density at radius 3 is 0.890 bits per heavy atom. The van der Waals surface area contributed by atoms with Gasteiger partial charge in [0.15, 0.2) is 0 Å². The Balaban J connectivity index is 0.000000190. The highest BCUT2D eigenvalue weighted by Crippen LogP contribution is 2.35. The summed E-state index contributed by atoms with van der Waals surface area (Å²) in [6.45, 7) is 17.8. The van der Waals surface area contributed by atoms with E-state index in [0.29, 0.717) is 119 Å². The van der Waals surface area contributed by atoms with Gasteiger partial charge in [0.05, 0.1) is 60.3 Å². The maximum absolute atomic E-state index is 12.5. The van der Waals surface area contributed by atoms with Crippen LogP contribution in [0.1, 0.15) is 149 Å². The third-order valence-electron chi connectivity index (χ3n) is 22.1. The SMILES string of the molecule is CCOC(=O)CCBr.CCOC(=O)CCNCCNC(=O)c1ccc(-c2cc3c(N[C@H](C)c4ccccc4)ncnc3[nH]2)cc1.COC(=O)c1ccc(-c2cc3c(N[C@H](C)c4ccccc4)ncnc3[nH]2)cc1.C[C@@H](Nc1ncnc2[nH]c(-c3ccc(C(=O)NCCN)cc3)cc12)c1ccccc1.C[C@@H](Nc1ncnc2[nH]c(-c3ccc(C(=O)NCCNCCC(=O)NO)cc3)cc12)c1ccccc1.NCCN.NO. The van der Waals surface area contributed by atoms with Crippen LogP contribution in [0.15, 0.2) is 268 Å². The average Bonchev–Trinajstić information content (AvgIpc) is 1.66. The molecule has 8 heterocycles. The highest BCUT2D eigenvalue weighted by molar-refractivity contribution is 9.09. The number of rotatable bonds is 39. The molecule has 38 nitrogen and oxygen atoms in total. The van der Waals surface area contributed by atoms with Crippen molar-refractivity contribution in [3.05, 3.63) is 312 Å². The van der Waals surface area contributed by atoms with E-state index in [1.807, 2.05) is 146 Å². The minimum atomic E-state index is -0.456. The Hall–Kier alpha value is -16.1. The lowest BCUT2D eigenvalue weighted by Crippen LogP contribution is -2.33. The predicted octanol–water partition coefficient (Wildman–Crippen LogP) is 14.7. The first kappa shape index (κ1) is 111. The van der Waals surface area contributed by atoms with E-state index in [9.17, 15) is 33.6 Å². The number of fused-ring (bicyclic) bond motifs is 4. The fourth-order valence-electron chi connectivity index (χ4n) is 14.5. The number of aromatic amines is 4. The molecular weight excluding hydrogens is 1910 g/mol. The summed E-state index contributed by atoms with van der Waals surface area (Å²) < 4.78 is 14.2. The Bertz CT molecular complexity index is 6680. The predicted molar refractivity (Wildman–Crippen MR) is 569 cm³/mol. The number of hydrogen-bond acceptors (Lipinski definition) is 30. The number of nitrogens with two attached hydrogens (primary N) is 4. The van der Waals surface area contributed by atoms with E-state index < -0.39 is 5.91 Å². The van der Waals surface area contributed by atoms with Crippen molar-refractivity contribution in [2.45, 2.75) is 85.0 Å². The Labute approximate surface area is 848 Å². The molecule has 16 aromatic rings. The smallest absolute Gasteiger partial charge is 0.337 e. The van der Waals surface area contributed by atoms with Gasteiger partial charge >= 0.3 is 17.9 Å². The minimum Gasteiger partial charge on any atom is -0.466 e. The molecule has 0 saturated heterocycles. The van der Waals surface area contributed by atoms with Crippen molar-refractivity contribution < 1.29 is 58.2 Å². The number of benzene rings is 8. The van der Waals surface area contributed by atoms with E-state index in [0.717, 1.165) is 112 Å². The van der Waals surface area contributed by atoms with Crippen LogP contribution in [0.25, 0.3) is 89.2 Å². The molecule has 758 valence electrons. The third kappa shape index (κ3) is 34.1. The molecule has 39 heteroatoms. The van der Waals surface area contributed by atoms with E-state index >= 15 is 0 Å². The van der Waals surface area contributed by atoms with Crippen LogP contribution in [-0.4, -0.2) is 203 Å². The van der Waals surface area contributed by atoms with Crippen molar-refractivity contribution >= 4 is 125 Å².